The number of nitrogens with zero attached hydrogens (tertiary/aromatic N) is 3. The average Bonchev–Trinajstić information content (AvgIpc) is 2.49. The zero-order chi connectivity index (χ0) is 10.1. The minimum absolute atomic E-state index is 0.0894. The smallest absolute Gasteiger partial charge is 0.278 e. The summed E-state index contributed by atoms with van der Waals surface area (Å²) in [6, 6.07) is 0. The van der Waals surface area contributed by atoms with E-state index in [0.717, 1.165) is 5.33 Å². The predicted molar refractivity (Wildman–Crippen MR) is 56.4 cm³/mol. The number of nitrogens with one attached hydrogen (secondary N) is 1. The molecule has 0 aliphatic carbocycles. The standard InChI is InChI=1S/C7H8BrN5O/c8-1-2-13-3-10-5-4(13)6(14)12-7(9)11-5/h3H,1-2H2,(H3,9,11,12,14). The molecule has 2 rings (SSSR count). The van der Waals surface area contributed by atoms with E-state index in [1.807, 2.05) is 0 Å². The van der Waals surface area contributed by atoms with Crippen LogP contribution in [-0.2, 0) is 6.54 Å². The van der Waals surface area contributed by atoms with E-state index in [2.05, 4.69) is 30.9 Å². The second kappa shape index (κ2) is 3.41. The number of hydrogen-bond acceptors (Lipinski definition) is 4. The van der Waals surface area contributed by atoms with Gasteiger partial charge >= 0.3 is 0 Å². The molecule has 0 aliphatic heterocycles. The fourth-order valence-electron chi connectivity index (χ4n) is 1.26. The lowest BCUT2D eigenvalue weighted by Crippen LogP contribution is -2.14. The van der Waals surface area contributed by atoms with Crippen LogP contribution in [0.15, 0.2) is 11.1 Å². The summed E-state index contributed by atoms with van der Waals surface area (Å²) >= 11 is 3.29. The van der Waals surface area contributed by atoms with Crippen LogP contribution in [0.5, 0.6) is 0 Å². The number of alkyl halides is 1. The van der Waals surface area contributed by atoms with Gasteiger partial charge in [0.2, 0.25) is 5.95 Å². The molecule has 2 aromatic rings. The number of nitrogens with two attached hydrogens (primary N) is 1. The molecule has 0 atom stereocenters. The Kier molecular flexibility index (Phi) is 2.24. The first kappa shape index (κ1) is 9.20. The van der Waals surface area contributed by atoms with Gasteiger partial charge in [0, 0.05) is 11.9 Å². The molecule has 0 aliphatic rings. The van der Waals surface area contributed by atoms with Gasteiger partial charge in [-0.25, -0.2) is 4.98 Å². The van der Waals surface area contributed by atoms with Crippen LogP contribution in [0, 0.1) is 0 Å². The first-order chi connectivity index (χ1) is 6.72. The second-order valence-corrected chi connectivity index (χ2v) is 3.54. The monoisotopic (exact) mass is 257 g/mol. The maximum Gasteiger partial charge on any atom is 0.278 e. The number of aryl methyl sites for hydroxylation is 1. The third-order valence-electron chi connectivity index (χ3n) is 1.83. The van der Waals surface area contributed by atoms with E-state index in [9.17, 15) is 4.79 Å². The highest BCUT2D eigenvalue weighted by atomic mass is 79.9. The number of fused-ring (bicyclic) bond motifs is 1. The van der Waals surface area contributed by atoms with Crippen molar-refractivity contribution in [2.75, 3.05) is 11.1 Å². The molecule has 0 amide bonds. The van der Waals surface area contributed by atoms with Gasteiger partial charge in [-0.1, -0.05) is 15.9 Å². The Morgan fingerprint density at radius 1 is 1.64 bits per heavy atom. The molecule has 0 aromatic carbocycles. The molecule has 3 N–H and O–H groups in total. The summed E-state index contributed by atoms with van der Waals surface area (Å²) in [5.74, 6) is 0.0894. The molecule has 0 fully saturated rings. The molecule has 0 saturated carbocycles. The molecular weight excluding hydrogens is 250 g/mol. The van der Waals surface area contributed by atoms with E-state index in [-0.39, 0.29) is 11.5 Å². The quantitative estimate of drug-likeness (QED) is 0.747. The zero-order valence-electron chi connectivity index (χ0n) is 7.20. The van der Waals surface area contributed by atoms with E-state index in [1.165, 1.54) is 0 Å². The minimum Gasteiger partial charge on any atom is -0.369 e. The van der Waals surface area contributed by atoms with Crippen molar-refractivity contribution in [2.45, 2.75) is 6.54 Å². The normalized spacial score (nSPS) is 10.9. The van der Waals surface area contributed by atoms with E-state index < -0.39 is 0 Å². The van der Waals surface area contributed by atoms with Crippen LogP contribution in [0.1, 0.15) is 0 Å². The number of hydrogen-bond donors (Lipinski definition) is 2. The zero-order valence-corrected chi connectivity index (χ0v) is 8.78. The summed E-state index contributed by atoms with van der Waals surface area (Å²) in [5, 5.41) is 0.752. The molecule has 2 heterocycles. The number of imidazole rings is 1. The van der Waals surface area contributed by atoms with Gasteiger partial charge in [-0.2, -0.15) is 4.98 Å². The van der Waals surface area contributed by atoms with E-state index in [4.69, 9.17) is 5.73 Å². The maximum atomic E-state index is 11.5. The van der Waals surface area contributed by atoms with Crippen molar-refractivity contribution in [1.29, 1.82) is 0 Å². The Hall–Kier alpha value is -1.37. The van der Waals surface area contributed by atoms with Crippen LogP contribution in [0.25, 0.3) is 11.2 Å². The number of aromatic nitrogens is 4. The molecule has 74 valence electrons. The van der Waals surface area contributed by atoms with Gasteiger partial charge in [0.25, 0.3) is 5.56 Å². The Morgan fingerprint density at radius 3 is 3.14 bits per heavy atom. The predicted octanol–water partition coefficient (Wildman–Crippen LogP) is 0.0967. The topological polar surface area (TPSA) is 89.6 Å². The fraction of sp³-hybridized carbons (Fsp3) is 0.286. The molecule has 0 unspecified atom stereocenters. The van der Waals surface area contributed by atoms with E-state index in [0.29, 0.717) is 17.7 Å². The highest BCUT2D eigenvalue weighted by molar-refractivity contribution is 9.09. The number of nitrogen functional groups attached to an aromatic ring is 1. The van der Waals surface area contributed by atoms with Crippen molar-refractivity contribution in [3.63, 3.8) is 0 Å². The van der Waals surface area contributed by atoms with E-state index >= 15 is 0 Å². The molecule has 0 saturated heterocycles. The largest absolute Gasteiger partial charge is 0.369 e. The molecule has 0 bridgehead atoms. The van der Waals surface area contributed by atoms with Gasteiger partial charge in [-0.05, 0) is 0 Å². The van der Waals surface area contributed by atoms with Crippen LogP contribution in [0.4, 0.5) is 5.95 Å². The number of anilines is 1. The maximum absolute atomic E-state index is 11.5. The fourth-order valence-corrected chi connectivity index (χ4v) is 1.65. The first-order valence-electron chi connectivity index (χ1n) is 3.99. The van der Waals surface area contributed by atoms with Gasteiger partial charge in [0.15, 0.2) is 11.2 Å². The van der Waals surface area contributed by atoms with Gasteiger partial charge in [-0.15, -0.1) is 0 Å². The van der Waals surface area contributed by atoms with Gasteiger partial charge in [0.05, 0.1) is 6.33 Å². The highest BCUT2D eigenvalue weighted by Gasteiger charge is 2.08. The summed E-state index contributed by atoms with van der Waals surface area (Å²) in [7, 11) is 0. The molecule has 7 heteroatoms. The van der Waals surface area contributed by atoms with Crippen LogP contribution in [-0.4, -0.2) is 24.8 Å². The summed E-state index contributed by atoms with van der Waals surface area (Å²) in [6.07, 6.45) is 1.58. The summed E-state index contributed by atoms with van der Waals surface area (Å²) in [5.41, 5.74) is 5.96. The third-order valence-corrected chi connectivity index (χ3v) is 2.18. The lowest BCUT2D eigenvalue weighted by atomic mass is 10.5. The lowest BCUT2D eigenvalue weighted by Gasteiger charge is -1.98. The first-order valence-corrected chi connectivity index (χ1v) is 5.11. The number of rotatable bonds is 2. The molecule has 0 radical (unpaired) electrons. The van der Waals surface area contributed by atoms with Crippen LogP contribution < -0.4 is 11.3 Å². The van der Waals surface area contributed by atoms with Crippen LogP contribution >= 0.6 is 15.9 Å². The lowest BCUT2D eigenvalue weighted by molar-refractivity contribution is 0.796. The number of H-pyrrole nitrogens is 1. The van der Waals surface area contributed by atoms with Crippen molar-refractivity contribution in [3.05, 3.63) is 16.7 Å². The third kappa shape index (κ3) is 1.39. The SMILES string of the molecule is Nc1nc2ncn(CCBr)c2c(=O)[nH]1. The Morgan fingerprint density at radius 2 is 2.43 bits per heavy atom. The Labute approximate surface area is 87.3 Å². The average molecular weight is 258 g/mol. The van der Waals surface area contributed by atoms with Gasteiger partial charge in [0.1, 0.15) is 0 Å². The molecule has 14 heavy (non-hydrogen) atoms. The Balaban J connectivity index is 2.73. The van der Waals surface area contributed by atoms with Crippen LogP contribution in [0.2, 0.25) is 0 Å². The number of halogens is 1. The van der Waals surface area contributed by atoms with Gasteiger partial charge in [-0.3, -0.25) is 9.78 Å². The molecule has 0 spiro atoms. The van der Waals surface area contributed by atoms with Crippen molar-refractivity contribution in [2.24, 2.45) is 0 Å². The van der Waals surface area contributed by atoms with Crippen molar-refractivity contribution >= 4 is 33.0 Å². The summed E-state index contributed by atoms with van der Waals surface area (Å²) in [4.78, 5) is 21.8. The van der Waals surface area contributed by atoms with Crippen molar-refractivity contribution in [1.82, 2.24) is 19.5 Å². The second-order valence-electron chi connectivity index (χ2n) is 2.75. The van der Waals surface area contributed by atoms with Crippen molar-refractivity contribution < 1.29 is 0 Å². The van der Waals surface area contributed by atoms with Crippen molar-refractivity contribution in [3.8, 4) is 0 Å². The number of aromatic amines is 1. The molecule has 6 nitrogen and oxygen atoms in total. The van der Waals surface area contributed by atoms with E-state index in [1.54, 1.807) is 10.9 Å². The van der Waals surface area contributed by atoms with Crippen LogP contribution in [0.3, 0.4) is 0 Å². The summed E-state index contributed by atoms with van der Waals surface area (Å²) in [6.45, 7) is 0.672. The highest BCUT2D eigenvalue weighted by Crippen LogP contribution is 2.05. The summed E-state index contributed by atoms with van der Waals surface area (Å²) < 4.78 is 1.73. The van der Waals surface area contributed by atoms with Gasteiger partial charge < -0.3 is 10.3 Å². The Bertz CT molecular complexity index is 516. The minimum atomic E-state index is -0.258. The molecular formula is C7H8BrN5O. The molecule has 2 aromatic heterocycles.